The van der Waals surface area contributed by atoms with Crippen LogP contribution in [-0.2, 0) is 17.6 Å². The molecule has 0 bridgehead atoms. The zero-order valence-electron chi connectivity index (χ0n) is 16.1. The number of hydrogen-bond donors (Lipinski definition) is 3. The lowest BCUT2D eigenvalue weighted by Crippen LogP contribution is -2.35. The van der Waals surface area contributed by atoms with Crippen molar-refractivity contribution in [1.29, 1.82) is 0 Å². The molecule has 1 atom stereocenters. The van der Waals surface area contributed by atoms with Crippen molar-refractivity contribution in [1.82, 2.24) is 5.32 Å². The number of hydrogen-bond acceptors (Lipinski definition) is 3. The van der Waals surface area contributed by atoms with Gasteiger partial charge in [0.05, 0.1) is 0 Å². The maximum Gasteiger partial charge on any atom is 0.223 e. The molecule has 2 aromatic rings. The summed E-state index contributed by atoms with van der Waals surface area (Å²) >= 11 is 0. The van der Waals surface area contributed by atoms with Crippen molar-refractivity contribution >= 4 is 5.91 Å². The number of carbonyl (C=O) groups excluding carboxylic acids is 1. The molecule has 2 aromatic carbocycles. The first-order valence-electron chi connectivity index (χ1n) is 10.00. The Morgan fingerprint density at radius 2 is 1.33 bits per heavy atom. The minimum absolute atomic E-state index is 0.0103. The van der Waals surface area contributed by atoms with Gasteiger partial charge in [0.25, 0.3) is 0 Å². The molecule has 4 nitrogen and oxygen atoms in total. The van der Waals surface area contributed by atoms with Crippen LogP contribution in [0.4, 0.5) is 0 Å². The van der Waals surface area contributed by atoms with E-state index in [9.17, 15) is 4.79 Å². The maximum absolute atomic E-state index is 12.7. The minimum atomic E-state index is 0.0103. The van der Waals surface area contributed by atoms with Crippen LogP contribution in [0.5, 0.6) is 0 Å². The van der Waals surface area contributed by atoms with Crippen molar-refractivity contribution in [3.8, 4) is 0 Å². The van der Waals surface area contributed by atoms with E-state index in [1.807, 2.05) is 36.4 Å². The maximum atomic E-state index is 12.7. The molecule has 0 aliphatic heterocycles. The smallest absolute Gasteiger partial charge is 0.223 e. The van der Waals surface area contributed by atoms with E-state index >= 15 is 0 Å². The Hall–Kier alpha value is -2.17. The van der Waals surface area contributed by atoms with Crippen LogP contribution in [0.3, 0.4) is 0 Å². The Morgan fingerprint density at radius 1 is 0.815 bits per heavy atom. The molecule has 5 N–H and O–H groups in total. The van der Waals surface area contributed by atoms with Gasteiger partial charge < -0.3 is 16.8 Å². The predicted octanol–water partition coefficient (Wildman–Crippen LogP) is 3.05. The van der Waals surface area contributed by atoms with Gasteiger partial charge in [-0.25, -0.2) is 0 Å². The molecule has 0 saturated carbocycles. The van der Waals surface area contributed by atoms with Crippen molar-refractivity contribution < 1.29 is 4.79 Å². The van der Waals surface area contributed by atoms with Gasteiger partial charge in [0.2, 0.25) is 5.91 Å². The third kappa shape index (κ3) is 8.37. The molecule has 0 radical (unpaired) electrons. The Labute approximate surface area is 163 Å². The highest BCUT2D eigenvalue weighted by molar-refractivity contribution is 5.78. The molecule has 0 heterocycles. The van der Waals surface area contributed by atoms with E-state index < -0.39 is 0 Å². The molecule has 0 aliphatic carbocycles. The van der Waals surface area contributed by atoms with E-state index in [0.29, 0.717) is 13.1 Å². The average molecular weight is 368 g/mol. The summed E-state index contributed by atoms with van der Waals surface area (Å²) in [7, 11) is 0. The molecule has 0 fully saturated rings. The van der Waals surface area contributed by atoms with Crippen molar-refractivity contribution in [3.63, 3.8) is 0 Å². The molecule has 2 rings (SSSR count). The molecular formula is C23H33N3O. The van der Waals surface area contributed by atoms with Crippen LogP contribution in [0.15, 0.2) is 60.7 Å². The first-order valence-corrected chi connectivity index (χ1v) is 10.00. The molecule has 4 heteroatoms. The molecule has 1 amide bonds. The number of amides is 1. The molecule has 0 aliphatic rings. The summed E-state index contributed by atoms with van der Waals surface area (Å²) in [5.74, 6) is 0.151. The van der Waals surface area contributed by atoms with Gasteiger partial charge in [-0.05, 0) is 56.2 Å². The number of benzene rings is 2. The molecule has 0 saturated heterocycles. The lowest BCUT2D eigenvalue weighted by atomic mass is 9.92. The number of aryl methyl sites for hydroxylation is 2. The third-order valence-electron chi connectivity index (χ3n) is 4.97. The molecule has 146 valence electrons. The van der Waals surface area contributed by atoms with Crippen molar-refractivity contribution in [3.05, 3.63) is 71.8 Å². The van der Waals surface area contributed by atoms with Gasteiger partial charge >= 0.3 is 0 Å². The van der Waals surface area contributed by atoms with Crippen molar-refractivity contribution in [2.75, 3.05) is 13.1 Å². The molecular weight excluding hydrogens is 334 g/mol. The zero-order valence-corrected chi connectivity index (χ0v) is 16.1. The summed E-state index contributed by atoms with van der Waals surface area (Å²) in [5, 5.41) is 3.08. The van der Waals surface area contributed by atoms with Crippen LogP contribution in [-0.4, -0.2) is 25.0 Å². The van der Waals surface area contributed by atoms with Gasteiger partial charge in [0.15, 0.2) is 0 Å². The van der Waals surface area contributed by atoms with Crippen LogP contribution >= 0.6 is 0 Å². The van der Waals surface area contributed by atoms with Crippen LogP contribution in [0, 0.1) is 5.92 Å². The largest absolute Gasteiger partial charge is 0.356 e. The highest BCUT2D eigenvalue weighted by atomic mass is 16.1. The third-order valence-corrected chi connectivity index (χ3v) is 4.97. The van der Waals surface area contributed by atoms with Crippen LogP contribution in [0.2, 0.25) is 0 Å². The van der Waals surface area contributed by atoms with E-state index in [2.05, 4.69) is 29.6 Å². The van der Waals surface area contributed by atoms with E-state index in [-0.39, 0.29) is 17.9 Å². The standard InChI is InChI=1S/C23H33N3O/c24-17-15-22(25)16-18-26-23(27)21(13-11-19-7-3-1-4-8-19)14-12-20-9-5-2-6-10-20/h1-10,21-22H,11-18,24-25H2,(H,26,27)/t22-/m0/s1. The quantitative estimate of drug-likeness (QED) is 0.539. The van der Waals surface area contributed by atoms with E-state index in [1.54, 1.807) is 0 Å². The molecule has 0 aromatic heterocycles. The lowest BCUT2D eigenvalue weighted by Gasteiger charge is -2.18. The summed E-state index contributed by atoms with van der Waals surface area (Å²) in [6, 6.07) is 20.8. The molecule has 27 heavy (non-hydrogen) atoms. The second kappa shape index (κ2) is 12.3. The van der Waals surface area contributed by atoms with Crippen molar-refractivity contribution in [2.24, 2.45) is 17.4 Å². The number of nitrogens with one attached hydrogen (secondary N) is 1. The van der Waals surface area contributed by atoms with Gasteiger partial charge in [-0.3, -0.25) is 4.79 Å². The number of nitrogens with two attached hydrogens (primary N) is 2. The monoisotopic (exact) mass is 367 g/mol. The van der Waals surface area contributed by atoms with Gasteiger partial charge in [-0.1, -0.05) is 60.7 Å². The fraction of sp³-hybridized carbons (Fsp3) is 0.435. The van der Waals surface area contributed by atoms with Crippen LogP contribution in [0.1, 0.15) is 36.8 Å². The fourth-order valence-electron chi connectivity index (χ4n) is 3.26. The van der Waals surface area contributed by atoms with Crippen LogP contribution < -0.4 is 16.8 Å². The highest BCUT2D eigenvalue weighted by Crippen LogP contribution is 2.17. The van der Waals surface area contributed by atoms with E-state index in [1.165, 1.54) is 11.1 Å². The fourth-order valence-corrected chi connectivity index (χ4v) is 3.26. The average Bonchev–Trinajstić information content (AvgIpc) is 2.69. The summed E-state index contributed by atoms with van der Waals surface area (Å²) in [6.07, 6.45) is 5.12. The Morgan fingerprint density at radius 3 is 1.81 bits per heavy atom. The summed E-state index contributed by atoms with van der Waals surface area (Å²) in [5.41, 5.74) is 14.1. The normalized spacial score (nSPS) is 12.1. The van der Waals surface area contributed by atoms with Gasteiger partial charge in [-0.2, -0.15) is 0 Å². The van der Waals surface area contributed by atoms with Crippen LogP contribution in [0.25, 0.3) is 0 Å². The van der Waals surface area contributed by atoms with E-state index in [0.717, 1.165) is 38.5 Å². The first-order chi connectivity index (χ1) is 13.2. The second-order valence-electron chi connectivity index (χ2n) is 7.16. The Bertz CT molecular complexity index is 602. The predicted molar refractivity (Wildman–Crippen MR) is 112 cm³/mol. The highest BCUT2D eigenvalue weighted by Gasteiger charge is 2.18. The SMILES string of the molecule is NCC[C@H](N)CCNC(=O)C(CCc1ccccc1)CCc1ccccc1. The topological polar surface area (TPSA) is 81.1 Å². The van der Waals surface area contributed by atoms with E-state index in [4.69, 9.17) is 11.5 Å². The van der Waals surface area contributed by atoms with Gasteiger partial charge in [-0.15, -0.1) is 0 Å². The Balaban J connectivity index is 1.87. The molecule has 0 spiro atoms. The molecule has 0 unspecified atom stereocenters. The zero-order chi connectivity index (χ0) is 19.3. The minimum Gasteiger partial charge on any atom is -0.356 e. The van der Waals surface area contributed by atoms with Gasteiger partial charge in [0, 0.05) is 18.5 Å². The summed E-state index contributed by atoms with van der Waals surface area (Å²) in [4.78, 5) is 12.7. The van der Waals surface area contributed by atoms with Crippen molar-refractivity contribution in [2.45, 2.75) is 44.6 Å². The summed E-state index contributed by atoms with van der Waals surface area (Å²) in [6.45, 7) is 1.21. The number of rotatable bonds is 12. The Kier molecular flexibility index (Phi) is 9.60. The first kappa shape index (κ1) is 21.1. The second-order valence-corrected chi connectivity index (χ2v) is 7.16. The number of carbonyl (C=O) groups is 1. The van der Waals surface area contributed by atoms with Gasteiger partial charge in [0.1, 0.15) is 0 Å². The summed E-state index contributed by atoms with van der Waals surface area (Å²) < 4.78 is 0. The lowest BCUT2D eigenvalue weighted by molar-refractivity contribution is -0.125.